The summed E-state index contributed by atoms with van der Waals surface area (Å²) in [6, 6.07) is 4.04. The SMILES string of the molecule is COc1cc(C)c(C)cc1CNC(=O)C(C)(C)CN. The predicted molar refractivity (Wildman–Crippen MR) is 77.2 cm³/mol. The Kier molecular flexibility index (Phi) is 4.95. The lowest BCUT2D eigenvalue weighted by molar-refractivity contribution is -0.129. The van der Waals surface area contributed by atoms with Crippen LogP contribution in [0.1, 0.15) is 30.5 Å². The zero-order chi connectivity index (χ0) is 14.6. The number of amides is 1. The Bertz CT molecular complexity index is 467. The van der Waals surface area contributed by atoms with Crippen LogP contribution in [0.2, 0.25) is 0 Å². The number of rotatable bonds is 5. The fourth-order valence-electron chi connectivity index (χ4n) is 1.69. The van der Waals surface area contributed by atoms with Crippen molar-refractivity contribution in [3.63, 3.8) is 0 Å². The molecule has 1 amide bonds. The van der Waals surface area contributed by atoms with Crippen molar-refractivity contribution in [1.29, 1.82) is 0 Å². The van der Waals surface area contributed by atoms with E-state index in [1.165, 1.54) is 11.1 Å². The van der Waals surface area contributed by atoms with Crippen molar-refractivity contribution < 1.29 is 9.53 Å². The molecule has 4 nitrogen and oxygen atoms in total. The Morgan fingerprint density at radius 1 is 1.32 bits per heavy atom. The molecule has 4 heteroatoms. The molecular formula is C15H24N2O2. The molecule has 0 saturated heterocycles. The average molecular weight is 264 g/mol. The Morgan fingerprint density at radius 3 is 2.42 bits per heavy atom. The maximum Gasteiger partial charge on any atom is 0.227 e. The predicted octanol–water partition coefficient (Wildman–Crippen LogP) is 1.91. The Hall–Kier alpha value is -1.55. The van der Waals surface area contributed by atoms with Gasteiger partial charge in [0.25, 0.3) is 0 Å². The molecule has 0 aliphatic rings. The number of aryl methyl sites for hydroxylation is 2. The van der Waals surface area contributed by atoms with Crippen molar-refractivity contribution in [3.05, 3.63) is 28.8 Å². The van der Waals surface area contributed by atoms with Crippen molar-refractivity contribution in [2.24, 2.45) is 11.1 Å². The second-order valence-corrected chi connectivity index (χ2v) is 5.52. The lowest BCUT2D eigenvalue weighted by atomic mass is 9.92. The van der Waals surface area contributed by atoms with Gasteiger partial charge >= 0.3 is 0 Å². The quantitative estimate of drug-likeness (QED) is 0.854. The van der Waals surface area contributed by atoms with Gasteiger partial charge in [-0.3, -0.25) is 4.79 Å². The van der Waals surface area contributed by atoms with Gasteiger partial charge in [-0.25, -0.2) is 0 Å². The summed E-state index contributed by atoms with van der Waals surface area (Å²) >= 11 is 0. The first-order valence-electron chi connectivity index (χ1n) is 6.44. The van der Waals surface area contributed by atoms with E-state index in [4.69, 9.17) is 10.5 Å². The molecule has 0 aliphatic heterocycles. The van der Waals surface area contributed by atoms with Crippen molar-refractivity contribution >= 4 is 5.91 Å². The van der Waals surface area contributed by atoms with Crippen molar-refractivity contribution in [2.75, 3.05) is 13.7 Å². The summed E-state index contributed by atoms with van der Waals surface area (Å²) in [5, 5.41) is 2.91. The van der Waals surface area contributed by atoms with Crippen molar-refractivity contribution in [2.45, 2.75) is 34.2 Å². The Balaban J connectivity index is 2.83. The van der Waals surface area contributed by atoms with Gasteiger partial charge < -0.3 is 15.8 Å². The van der Waals surface area contributed by atoms with Gasteiger partial charge in [0.05, 0.1) is 12.5 Å². The minimum atomic E-state index is -0.549. The molecule has 0 heterocycles. The first kappa shape index (κ1) is 15.5. The topological polar surface area (TPSA) is 64.3 Å². The van der Waals surface area contributed by atoms with E-state index < -0.39 is 5.41 Å². The normalized spacial score (nSPS) is 11.3. The summed E-state index contributed by atoms with van der Waals surface area (Å²) in [7, 11) is 1.64. The third kappa shape index (κ3) is 3.70. The third-order valence-corrected chi connectivity index (χ3v) is 3.46. The largest absolute Gasteiger partial charge is 0.496 e. The minimum absolute atomic E-state index is 0.0460. The lowest BCUT2D eigenvalue weighted by Gasteiger charge is -2.22. The Morgan fingerprint density at radius 2 is 1.89 bits per heavy atom. The van der Waals surface area contributed by atoms with E-state index >= 15 is 0 Å². The van der Waals surface area contributed by atoms with Gasteiger partial charge in [0.1, 0.15) is 5.75 Å². The van der Waals surface area contributed by atoms with Crippen LogP contribution in [-0.4, -0.2) is 19.6 Å². The van der Waals surface area contributed by atoms with Crippen LogP contribution in [-0.2, 0) is 11.3 Å². The molecule has 0 aromatic heterocycles. The lowest BCUT2D eigenvalue weighted by Crippen LogP contribution is -2.41. The maximum absolute atomic E-state index is 12.0. The van der Waals surface area contributed by atoms with Crippen LogP contribution < -0.4 is 15.8 Å². The van der Waals surface area contributed by atoms with Gasteiger partial charge in [-0.15, -0.1) is 0 Å². The van der Waals surface area contributed by atoms with E-state index in [2.05, 4.69) is 5.32 Å². The van der Waals surface area contributed by atoms with Crippen LogP contribution in [0.15, 0.2) is 12.1 Å². The molecule has 0 bridgehead atoms. The van der Waals surface area contributed by atoms with E-state index in [0.717, 1.165) is 11.3 Å². The molecule has 0 saturated carbocycles. The van der Waals surface area contributed by atoms with E-state index in [0.29, 0.717) is 13.1 Å². The van der Waals surface area contributed by atoms with E-state index in [-0.39, 0.29) is 5.91 Å². The number of hydrogen-bond donors (Lipinski definition) is 2. The average Bonchev–Trinajstić information content (AvgIpc) is 2.38. The third-order valence-electron chi connectivity index (χ3n) is 3.46. The molecule has 0 aliphatic carbocycles. The van der Waals surface area contributed by atoms with E-state index in [1.807, 2.05) is 39.8 Å². The van der Waals surface area contributed by atoms with Crippen LogP contribution in [0.5, 0.6) is 5.75 Å². The monoisotopic (exact) mass is 264 g/mol. The molecule has 0 radical (unpaired) electrons. The standard InChI is InChI=1S/C15H24N2O2/c1-10-6-12(13(19-5)7-11(10)2)8-17-14(18)15(3,4)9-16/h6-7H,8-9,16H2,1-5H3,(H,17,18). The second kappa shape index (κ2) is 6.06. The molecule has 106 valence electrons. The number of carbonyl (C=O) groups is 1. The number of benzene rings is 1. The summed E-state index contributed by atoms with van der Waals surface area (Å²) in [4.78, 5) is 12.0. The van der Waals surface area contributed by atoms with Crippen LogP contribution in [0.3, 0.4) is 0 Å². The number of carbonyl (C=O) groups excluding carboxylic acids is 1. The molecule has 1 aromatic carbocycles. The molecule has 0 fully saturated rings. The minimum Gasteiger partial charge on any atom is -0.496 e. The zero-order valence-electron chi connectivity index (χ0n) is 12.5. The number of nitrogens with one attached hydrogen (secondary N) is 1. The molecule has 1 aromatic rings. The maximum atomic E-state index is 12.0. The van der Waals surface area contributed by atoms with Crippen molar-refractivity contribution in [3.8, 4) is 5.75 Å². The molecule has 0 atom stereocenters. The van der Waals surface area contributed by atoms with E-state index in [9.17, 15) is 4.79 Å². The van der Waals surface area contributed by atoms with E-state index in [1.54, 1.807) is 7.11 Å². The van der Waals surface area contributed by atoms with Gasteiger partial charge in [-0.2, -0.15) is 0 Å². The number of methoxy groups -OCH3 is 1. The summed E-state index contributed by atoms with van der Waals surface area (Å²) in [6.45, 7) is 8.52. The first-order valence-corrected chi connectivity index (χ1v) is 6.44. The summed E-state index contributed by atoms with van der Waals surface area (Å²) < 4.78 is 5.35. The zero-order valence-corrected chi connectivity index (χ0v) is 12.5. The number of hydrogen-bond acceptors (Lipinski definition) is 3. The van der Waals surface area contributed by atoms with Crippen LogP contribution in [0, 0.1) is 19.3 Å². The van der Waals surface area contributed by atoms with Gasteiger partial charge in [-0.05, 0) is 44.9 Å². The smallest absolute Gasteiger partial charge is 0.227 e. The highest BCUT2D eigenvalue weighted by molar-refractivity contribution is 5.82. The van der Waals surface area contributed by atoms with Crippen LogP contribution in [0.25, 0.3) is 0 Å². The molecular weight excluding hydrogens is 240 g/mol. The summed E-state index contributed by atoms with van der Waals surface area (Å²) in [6.07, 6.45) is 0. The fraction of sp³-hybridized carbons (Fsp3) is 0.533. The number of ether oxygens (including phenoxy) is 1. The molecule has 0 unspecified atom stereocenters. The fourth-order valence-corrected chi connectivity index (χ4v) is 1.69. The van der Waals surface area contributed by atoms with Crippen molar-refractivity contribution in [1.82, 2.24) is 5.32 Å². The highest BCUT2D eigenvalue weighted by Gasteiger charge is 2.25. The summed E-state index contributed by atoms with van der Waals surface area (Å²) in [5.74, 6) is 0.754. The molecule has 19 heavy (non-hydrogen) atoms. The van der Waals surface area contributed by atoms with Crippen LogP contribution in [0.4, 0.5) is 0 Å². The Labute approximate surface area is 115 Å². The second-order valence-electron chi connectivity index (χ2n) is 5.52. The van der Waals surface area contributed by atoms with Crippen LogP contribution >= 0.6 is 0 Å². The van der Waals surface area contributed by atoms with Gasteiger partial charge in [-0.1, -0.05) is 6.07 Å². The van der Waals surface area contributed by atoms with Gasteiger partial charge in [0.2, 0.25) is 5.91 Å². The highest BCUT2D eigenvalue weighted by atomic mass is 16.5. The number of nitrogens with two attached hydrogens (primary N) is 1. The van der Waals surface area contributed by atoms with Gasteiger partial charge in [0.15, 0.2) is 0 Å². The molecule has 3 N–H and O–H groups in total. The molecule has 1 rings (SSSR count). The summed E-state index contributed by atoms with van der Waals surface area (Å²) in [5.41, 5.74) is 8.38. The first-order chi connectivity index (χ1) is 8.81. The van der Waals surface area contributed by atoms with Gasteiger partial charge in [0, 0.05) is 18.7 Å². The molecule has 0 spiro atoms. The highest BCUT2D eigenvalue weighted by Crippen LogP contribution is 2.23.